The molecule has 0 radical (unpaired) electrons. The number of carbonyl (C=O) groups is 4. The van der Waals surface area contributed by atoms with Gasteiger partial charge in [-0.15, -0.1) is 11.3 Å². The predicted octanol–water partition coefficient (Wildman–Crippen LogP) is 7.01. The number of hydrogen-bond acceptors (Lipinski definition) is 13. The Balaban J connectivity index is 0.927. The van der Waals surface area contributed by atoms with Crippen molar-refractivity contribution in [1.82, 2.24) is 25.5 Å². The monoisotopic (exact) mass is 978 g/mol. The van der Waals surface area contributed by atoms with E-state index in [-0.39, 0.29) is 44.3 Å². The molecule has 1 saturated heterocycles. The predicted molar refractivity (Wildman–Crippen MR) is 254 cm³/mol. The Morgan fingerprint density at radius 2 is 1.59 bits per heavy atom. The second-order valence-electron chi connectivity index (χ2n) is 18.3. The smallest absolute Gasteiger partial charge is 0.419 e. The Labute approximate surface area is 404 Å². The van der Waals surface area contributed by atoms with E-state index in [1.807, 2.05) is 52.0 Å². The number of aliphatic hydroxyl groups is 1. The molecular formula is C49H61F3N8O8S. The molecule has 16 nitrogen and oxygen atoms in total. The molecule has 3 heterocycles. The third-order valence-corrected chi connectivity index (χ3v) is 12.1. The van der Waals surface area contributed by atoms with Crippen molar-refractivity contribution in [2.24, 2.45) is 5.41 Å². The Morgan fingerprint density at radius 3 is 2.25 bits per heavy atom. The number of pyridine rings is 1. The van der Waals surface area contributed by atoms with Gasteiger partial charge in [-0.05, 0) is 93.3 Å². The summed E-state index contributed by atoms with van der Waals surface area (Å²) in [5, 5.41) is 30.7. The quantitative estimate of drug-likeness (QED) is 0.0475. The summed E-state index contributed by atoms with van der Waals surface area (Å²) in [5.74, 6) is -1.31. The Kier molecular flexibility index (Phi) is 19.0. The molecule has 0 saturated carbocycles. The lowest BCUT2D eigenvalue weighted by Gasteiger charge is -2.35. The summed E-state index contributed by atoms with van der Waals surface area (Å²) >= 11 is 1.56. The van der Waals surface area contributed by atoms with Crippen LogP contribution in [0.2, 0.25) is 0 Å². The number of ether oxygens (including phenoxy) is 3. The molecule has 20 heteroatoms. The first-order valence-corrected chi connectivity index (χ1v) is 23.5. The number of likely N-dealkylation sites (tertiary alicyclic amines) is 1. The maximum atomic E-state index is 13.9. The van der Waals surface area contributed by atoms with Gasteiger partial charge in [-0.25, -0.2) is 9.97 Å². The number of hydrogen-bond donors (Lipinski definition) is 5. The minimum Gasteiger partial charge on any atom is -0.494 e. The zero-order valence-electron chi connectivity index (χ0n) is 39.7. The lowest BCUT2D eigenvalue weighted by Crippen LogP contribution is -2.58. The molecule has 1 aliphatic heterocycles. The van der Waals surface area contributed by atoms with Crippen molar-refractivity contribution in [2.45, 2.75) is 110 Å². The number of aliphatic hydroxyl groups excluding tert-OH is 1. The average molecular weight is 979 g/mol. The number of nitriles is 1. The fraction of sp³-hybridized carbons (Fsp3) is 0.490. The minimum absolute atomic E-state index is 0.0272. The van der Waals surface area contributed by atoms with Crippen molar-refractivity contribution in [3.05, 3.63) is 88.8 Å². The highest BCUT2D eigenvalue weighted by molar-refractivity contribution is 7.13. The number of alkyl halides is 3. The number of nitrogens with zero attached hydrogens (tertiary/aromatic N) is 4. The van der Waals surface area contributed by atoms with Crippen LogP contribution in [0.5, 0.6) is 5.75 Å². The fourth-order valence-corrected chi connectivity index (χ4v) is 8.18. The van der Waals surface area contributed by atoms with Gasteiger partial charge >= 0.3 is 6.18 Å². The largest absolute Gasteiger partial charge is 0.494 e. The molecule has 69 heavy (non-hydrogen) atoms. The van der Waals surface area contributed by atoms with Crippen LogP contribution in [0.15, 0.2) is 66.3 Å². The number of thiazole rings is 1. The molecule has 3 atom stereocenters. The minimum atomic E-state index is -4.81. The molecular weight excluding hydrogens is 918 g/mol. The topological polar surface area (TPSA) is 217 Å². The fourth-order valence-electron chi connectivity index (χ4n) is 7.36. The molecule has 0 unspecified atom stereocenters. The third-order valence-electron chi connectivity index (χ3n) is 11.2. The van der Waals surface area contributed by atoms with Crippen LogP contribution < -0.4 is 26.0 Å². The van der Waals surface area contributed by atoms with Crippen molar-refractivity contribution in [2.75, 3.05) is 50.2 Å². The van der Waals surface area contributed by atoms with Crippen LogP contribution in [0.3, 0.4) is 0 Å². The summed E-state index contributed by atoms with van der Waals surface area (Å²) < 4.78 is 57.1. The Bertz CT molecular complexity index is 2400. The zero-order valence-corrected chi connectivity index (χ0v) is 40.5. The lowest BCUT2D eigenvalue weighted by atomic mass is 9.85. The first kappa shape index (κ1) is 53.8. The van der Waals surface area contributed by atoms with E-state index in [4.69, 9.17) is 19.5 Å². The number of aromatic nitrogens is 2. The van der Waals surface area contributed by atoms with E-state index < -0.39 is 64.3 Å². The Hall–Kier alpha value is -6.14. The number of anilines is 2. The molecule has 2 aromatic carbocycles. The van der Waals surface area contributed by atoms with Gasteiger partial charge in [0.05, 0.1) is 46.2 Å². The van der Waals surface area contributed by atoms with Crippen LogP contribution in [-0.4, -0.2) is 107 Å². The van der Waals surface area contributed by atoms with Gasteiger partial charge in [0, 0.05) is 45.0 Å². The van der Waals surface area contributed by atoms with E-state index in [1.54, 1.807) is 55.0 Å². The number of aryl methyl sites for hydroxylation is 1. The molecule has 1 aliphatic rings. The van der Waals surface area contributed by atoms with Crippen molar-refractivity contribution < 1.29 is 51.7 Å². The van der Waals surface area contributed by atoms with Crippen LogP contribution in [0, 0.1) is 23.7 Å². The second-order valence-corrected chi connectivity index (χ2v) is 19.2. The van der Waals surface area contributed by atoms with E-state index in [9.17, 15) is 37.5 Å². The number of unbranched alkanes of at least 4 members (excludes halogenated alkanes) is 2. The molecule has 0 aliphatic carbocycles. The van der Waals surface area contributed by atoms with Gasteiger partial charge in [0.25, 0.3) is 0 Å². The van der Waals surface area contributed by atoms with Crippen LogP contribution in [0.4, 0.5) is 24.5 Å². The number of β-amino-alcohol motifs (C(OH)–C–C–N with tert-alkyl or cyclic N) is 1. The van der Waals surface area contributed by atoms with Gasteiger partial charge in [-0.2, -0.15) is 18.4 Å². The molecule has 372 valence electrons. The van der Waals surface area contributed by atoms with Gasteiger partial charge in [0.15, 0.2) is 5.69 Å². The summed E-state index contributed by atoms with van der Waals surface area (Å²) in [6.45, 7) is 12.2. The summed E-state index contributed by atoms with van der Waals surface area (Å²) in [5.41, 5.74) is 1.11. The van der Waals surface area contributed by atoms with Gasteiger partial charge in [-0.1, -0.05) is 45.0 Å². The first-order valence-electron chi connectivity index (χ1n) is 22.7. The Morgan fingerprint density at radius 1 is 0.913 bits per heavy atom. The highest BCUT2D eigenvalue weighted by Crippen LogP contribution is 2.33. The highest BCUT2D eigenvalue weighted by atomic mass is 32.1. The highest BCUT2D eigenvalue weighted by Gasteiger charge is 2.44. The maximum absolute atomic E-state index is 13.9. The van der Waals surface area contributed by atoms with Gasteiger partial charge < -0.3 is 45.5 Å². The van der Waals surface area contributed by atoms with E-state index >= 15 is 0 Å². The normalized spacial score (nSPS) is 15.5. The molecule has 4 aromatic rings. The van der Waals surface area contributed by atoms with Gasteiger partial charge in [0.2, 0.25) is 23.6 Å². The van der Waals surface area contributed by atoms with Crippen molar-refractivity contribution in [1.29, 1.82) is 5.26 Å². The molecule has 4 amide bonds. The number of rotatable bonds is 23. The van der Waals surface area contributed by atoms with Crippen LogP contribution >= 0.6 is 11.3 Å². The van der Waals surface area contributed by atoms with Gasteiger partial charge in [-0.3, -0.25) is 19.2 Å². The standard InChI is InChI=1S/C49H61F3N8O8S/c1-31-42(69-30-56-31)33-13-11-32(12-14-33)26-55-44(63)40-24-36(61)28-60(40)45(64)43(47(2,3)4)58-41(62)29-67-21-10-20-66-19-8-7-9-22-68-37-17-15-34(16-18-37)59-48(5,6)46(65)57-35-23-38(49(50,51)52)39(25-53)54-27-35/h11-18,23,27,30,36,40,43,59,61H,7-10,19-22,24,26,28-29H2,1-6H3,(H,55,63)(H,57,65)(H,58,62)/t36-,40+,43-/m1/s1. The molecule has 0 bridgehead atoms. The van der Waals surface area contributed by atoms with Crippen molar-refractivity contribution in [3.8, 4) is 22.3 Å². The maximum Gasteiger partial charge on any atom is 0.419 e. The van der Waals surface area contributed by atoms with Crippen LogP contribution in [-0.2, 0) is 41.4 Å². The SMILES string of the molecule is Cc1ncsc1-c1ccc(CNC(=O)[C@@H]2C[C@@H](O)CN2C(=O)[C@@H](NC(=O)COCCCOCCCCCOc2ccc(NC(C)(C)C(=O)Nc3cnc(C#N)c(C(F)(F)F)c3)cc2)C(C)(C)C)cc1. The number of nitrogens with one attached hydrogen (secondary N) is 4. The number of carbonyl (C=O) groups excluding carboxylic acids is 4. The van der Waals surface area contributed by atoms with E-state index in [2.05, 4.69) is 31.2 Å². The molecule has 2 aromatic heterocycles. The van der Waals surface area contributed by atoms with Crippen LogP contribution in [0.25, 0.3) is 10.4 Å². The molecule has 1 fully saturated rings. The lowest BCUT2D eigenvalue weighted by molar-refractivity contribution is -0.144. The number of amides is 4. The number of halogens is 3. The summed E-state index contributed by atoms with van der Waals surface area (Å²) in [6, 6.07) is 15.0. The van der Waals surface area contributed by atoms with E-state index in [0.717, 1.165) is 47.2 Å². The van der Waals surface area contributed by atoms with Crippen molar-refractivity contribution in [3.63, 3.8) is 0 Å². The van der Waals surface area contributed by atoms with Crippen molar-refractivity contribution >= 4 is 46.3 Å². The molecule has 5 rings (SSSR count). The summed E-state index contributed by atoms with van der Waals surface area (Å²) in [7, 11) is 0. The molecule has 0 spiro atoms. The average Bonchev–Trinajstić information content (AvgIpc) is 3.92. The molecule has 5 N–H and O–H groups in total. The summed E-state index contributed by atoms with van der Waals surface area (Å²) in [6.07, 6.45) is -1.60. The third kappa shape index (κ3) is 16.0. The van der Waals surface area contributed by atoms with Gasteiger partial charge in [0.1, 0.15) is 36.0 Å². The first-order chi connectivity index (χ1) is 32.7. The summed E-state index contributed by atoms with van der Waals surface area (Å²) in [4.78, 5) is 63.5. The second kappa shape index (κ2) is 24.4. The zero-order chi connectivity index (χ0) is 50.4. The van der Waals surface area contributed by atoms with Crippen LogP contribution in [0.1, 0.15) is 89.2 Å². The van der Waals surface area contributed by atoms with E-state index in [1.165, 1.54) is 11.0 Å². The number of benzene rings is 2. The van der Waals surface area contributed by atoms with E-state index in [0.29, 0.717) is 43.7 Å².